The van der Waals surface area contributed by atoms with Gasteiger partial charge >= 0.3 is 5.69 Å². The van der Waals surface area contributed by atoms with E-state index in [2.05, 4.69) is 38.8 Å². The van der Waals surface area contributed by atoms with Gasteiger partial charge in [-0.2, -0.15) is 8.42 Å². The lowest BCUT2D eigenvalue weighted by Crippen LogP contribution is -2.55. The molecule has 0 aromatic carbocycles. The molecule has 28 heavy (non-hydrogen) atoms. The Morgan fingerprint density at radius 2 is 1.86 bits per heavy atom. The average molecular weight is 435 g/mol. The van der Waals surface area contributed by atoms with Crippen LogP contribution in [0.1, 0.15) is 32.6 Å². The summed E-state index contributed by atoms with van der Waals surface area (Å²) in [5.41, 5.74) is -0.733. The van der Waals surface area contributed by atoms with Crippen molar-refractivity contribution in [3.05, 3.63) is 32.6 Å². The molecule has 0 radical (unpaired) electrons. The van der Waals surface area contributed by atoms with Crippen LogP contribution in [0, 0.1) is 12.8 Å². The molecule has 1 aromatic heterocycles. The Balaban J connectivity index is 2.21. The predicted octanol–water partition coefficient (Wildman–Crippen LogP) is 1.36. The van der Waals surface area contributed by atoms with Gasteiger partial charge in [-0.05, 0) is 25.1 Å². The molecule has 11 heteroatoms. The molecule has 0 saturated carbocycles. The molecule has 0 aliphatic carbocycles. The summed E-state index contributed by atoms with van der Waals surface area (Å²) < 4.78 is 41.1. The smallest absolute Gasteiger partial charge is 0.330 e. The molecule has 2 rings (SSSR count). The molecule has 1 aliphatic heterocycles. The summed E-state index contributed by atoms with van der Waals surface area (Å²) in [5, 5.41) is 0.0157. The molecule has 3 atom stereocenters. The number of aromatic nitrogens is 2. The maximum absolute atomic E-state index is 12.2. The lowest BCUT2D eigenvalue weighted by atomic mass is 9.95. The van der Waals surface area contributed by atoms with Crippen LogP contribution in [-0.4, -0.2) is 51.9 Å². The van der Waals surface area contributed by atoms with E-state index in [1.165, 1.54) is 10.8 Å². The molecule has 2 heterocycles. The lowest BCUT2D eigenvalue weighted by Gasteiger charge is -2.46. The zero-order chi connectivity index (χ0) is 21.5. The molecule has 0 spiro atoms. The van der Waals surface area contributed by atoms with Crippen LogP contribution < -0.4 is 11.2 Å². The van der Waals surface area contributed by atoms with Gasteiger partial charge in [-0.15, -0.1) is 0 Å². The van der Waals surface area contributed by atoms with E-state index in [1.807, 2.05) is 0 Å². The van der Waals surface area contributed by atoms with Crippen LogP contribution in [0.15, 0.2) is 15.8 Å². The average Bonchev–Trinajstić information content (AvgIpc) is 2.48. The first-order valence-electron chi connectivity index (χ1n) is 9.08. The van der Waals surface area contributed by atoms with Gasteiger partial charge in [-0.3, -0.25) is 18.5 Å². The molecule has 1 saturated heterocycles. The van der Waals surface area contributed by atoms with Crippen LogP contribution in [0.2, 0.25) is 18.1 Å². The van der Waals surface area contributed by atoms with Crippen molar-refractivity contribution in [2.75, 3.05) is 19.5 Å². The number of aryl methyl sites for hydroxylation is 1. The monoisotopic (exact) mass is 434 g/mol. The minimum Gasteiger partial charge on any atom is -0.414 e. The van der Waals surface area contributed by atoms with E-state index in [4.69, 9.17) is 13.3 Å². The Morgan fingerprint density at radius 1 is 1.25 bits per heavy atom. The number of hydrogen-bond donors (Lipinski definition) is 1. The van der Waals surface area contributed by atoms with Crippen molar-refractivity contribution in [1.82, 2.24) is 9.55 Å². The van der Waals surface area contributed by atoms with Crippen molar-refractivity contribution in [1.29, 1.82) is 0 Å². The molecule has 0 amide bonds. The second-order valence-electron chi connectivity index (χ2n) is 8.77. The normalized spacial score (nSPS) is 23.5. The van der Waals surface area contributed by atoms with Crippen molar-refractivity contribution in [2.24, 2.45) is 5.92 Å². The minimum absolute atomic E-state index is 0.0157. The molecule has 0 unspecified atom stereocenters. The van der Waals surface area contributed by atoms with E-state index >= 15 is 0 Å². The molecular weight excluding hydrogens is 404 g/mol. The van der Waals surface area contributed by atoms with Gasteiger partial charge in [-0.25, -0.2) is 4.79 Å². The largest absolute Gasteiger partial charge is 0.414 e. The Hall–Kier alpha value is -1.27. The maximum atomic E-state index is 12.2. The summed E-state index contributed by atoms with van der Waals surface area (Å²) in [4.78, 5) is 26.0. The number of ether oxygens (including phenoxy) is 1. The molecule has 9 nitrogen and oxygen atoms in total. The minimum atomic E-state index is -3.65. The zero-order valence-corrected chi connectivity index (χ0v) is 19.3. The van der Waals surface area contributed by atoms with Gasteiger partial charge in [0.05, 0.1) is 31.5 Å². The fourth-order valence-electron chi connectivity index (χ4n) is 2.58. The Labute approximate surface area is 166 Å². The molecule has 1 N–H and O–H groups in total. The summed E-state index contributed by atoms with van der Waals surface area (Å²) in [5.74, 6) is -0.414. The fraction of sp³-hybridized carbons (Fsp3) is 0.765. The lowest BCUT2D eigenvalue weighted by molar-refractivity contribution is -0.242. The predicted molar refractivity (Wildman–Crippen MR) is 107 cm³/mol. The first-order chi connectivity index (χ1) is 12.6. The first-order valence-corrected chi connectivity index (χ1v) is 13.8. The maximum Gasteiger partial charge on any atom is 0.330 e. The van der Waals surface area contributed by atoms with Crippen LogP contribution in [0.5, 0.6) is 0 Å². The number of nitrogens with zero attached hydrogens (tertiary/aromatic N) is 1. The van der Waals surface area contributed by atoms with E-state index in [9.17, 15) is 18.0 Å². The topological polar surface area (TPSA) is 117 Å². The van der Waals surface area contributed by atoms with Crippen molar-refractivity contribution < 1.29 is 21.8 Å². The first kappa shape index (κ1) is 23.0. The highest BCUT2D eigenvalue weighted by molar-refractivity contribution is 7.85. The van der Waals surface area contributed by atoms with Crippen molar-refractivity contribution in [3.8, 4) is 0 Å². The SMILES string of the molecule is Cc1cn([C@@H]2O[C@H](CO[Si](C)(C)C(C)(C)C)[C@H]2COS(C)(=O)=O)c(=O)[nH]c1=O. The Morgan fingerprint density at radius 3 is 2.39 bits per heavy atom. The number of H-pyrrole nitrogens is 1. The van der Waals surface area contributed by atoms with Gasteiger partial charge in [0.2, 0.25) is 0 Å². The Bertz CT molecular complexity index is 930. The van der Waals surface area contributed by atoms with Crippen LogP contribution in [0.4, 0.5) is 0 Å². The quantitative estimate of drug-likeness (QED) is 0.508. The van der Waals surface area contributed by atoms with Crippen molar-refractivity contribution >= 4 is 18.4 Å². The summed E-state index contributed by atoms with van der Waals surface area (Å²) >= 11 is 0. The standard InChI is InChI=1S/C17H30N2O7SSi/c1-11-8-19(16(21)18-14(11)20)15-12(9-24-27(5,22)23)13(26-15)10-25-28(6,7)17(2,3)4/h8,12-13,15H,9-10H2,1-7H3,(H,18,20,21)/t12-,13-,15-/m1/s1. The molecule has 1 aliphatic rings. The van der Waals surface area contributed by atoms with Crippen LogP contribution in [-0.2, 0) is 23.5 Å². The number of rotatable bonds is 7. The van der Waals surface area contributed by atoms with Gasteiger partial charge in [0.15, 0.2) is 8.32 Å². The third-order valence-electron chi connectivity index (χ3n) is 5.47. The van der Waals surface area contributed by atoms with E-state index < -0.39 is 47.9 Å². The van der Waals surface area contributed by atoms with Gasteiger partial charge in [-0.1, -0.05) is 20.8 Å². The summed E-state index contributed by atoms with van der Waals surface area (Å²) in [6, 6.07) is 0. The third-order valence-corrected chi connectivity index (χ3v) is 10.5. The highest BCUT2D eigenvalue weighted by atomic mass is 32.2. The van der Waals surface area contributed by atoms with E-state index in [-0.39, 0.29) is 18.3 Å². The molecular formula is C17H30N2O7SSi. The van der Waals surface area contributed by atoms with Crippen LogP contribution in [0.25, 0.3) is 0 Å². The number of hydrogen-bond acceptors (Lipinski definition) is 7. The van der Waals surface area contributed by atoms with E-state index in [0.717, 1.165) is 6.26 Å². The van der Waals surface area contributed by atoms with E-state index in [0.29, 0.717) is 5.56 Å². The van der Waals surface area contributed by atoms with Crippen molar-refractivity contribution in [3.63, 3.8) is 0 Å². The number of nitrogens with one attached hydrogen (secondary N) is 1. The summed E-state index contributed by atoms with van der Waals surface area (Å²) in [6.07, 6.45) is 1.22. The van der Waals surface area contributed by atoms with Crippen LogP contribution >= 0.6 is 0 Å². The van der Waals surface area contributed by atoms with Gasteiger partial charge in [0.25, 0.3) is 15.7 Å². The molecule has 1 fully saturated rings. The highest BCUT2D eigenvalue weighted by Crippen LogP contribution is 2.40. The van der Waals surface area contributed by atoms with Crippen LogP contribution in [0.3, 0.4) is 0 Å². The third kappa shape index (κ3) is 5.20. The van der Waals surface area contributed by atoms with Crippen molar-refractivity contribution in [2.45, 2.75) is 58.2 Å². The summed E-state index contributed by atoms with van der Waals surface area (Å²) in [7, 11) is -5.67. The second-order valence-corrected chi connectivity index (χ2v) is 15.2. The number of aromatic amines is 1. The molecule has 160 valence electrons. The fourth-order valence-corrected chi connectivity index (χ4v) is 4.00. The highest BCUT2D eigenvalue weighted by Gasteiger charge is 2.47. The van der Waals surface area contributed by atoms with Gasteiger partial charge < -0.3 is 9.16 Å². The molecule has 1 aromatic rings. The Kier molecular flexibility index (Phi) is 6.46. The van der Waals surface area contributed by atoms with Gasteiger partial charge in [0.1, 0.15) is 6.23 Å². The zero-order valence-electron chi connectivity index (χ0n) is 17.4. The van der Waals surface area contributed by atoms with Gasteiger partial charge in [0, 0.05) is 11.8 Å². The second kappa shape index (κ2) is 7.86. The van der Waals surface area contributed by atoms with E-state index in [1.54, 1.807) is 6.92 Å². The summed E-state index contributed by atoms with van der Waals surface area (Å²) in [6.45, 7) is 12.3. The molecule has 0 bridgehead atoms.